The van der Waals surface area contributed by atoms with Crippen LogP contribution in [-0.2, 0) is 19.1 Å². The van der Waals surface area contributed by atoms with Crippen molar-refractivity contribution in [1.29, 1.82) is 0 Å². The Balaban J connectivity index is 1.55. The molecule has 5 nitrogen and oxygen atoms in total. The fraction of sp³-hybridized carbons (Fsp3) is 0.731. The number of rotatable bonds is 3. The largest absolute Gasteiger partial charge is 0.457 e. The second kappa shape index (κ2) is 7.40. The highest BCUT2D eigenvalue weighted by Gasteiger charge is 2.62. The summed E-state index contributed by atoms with van der Waals surface area (Å²) in [5.74, 6) is 0.233. The minimum atomic E-state index is -0.631. The van der Waals surface area contributed by atoms with Crippen LogP contribution in [0.15, 0.2) is 23.8 Å². The van der Waals surface area contributed by atoms with E-state index in [0.717, 1.165) is 31.3 Å². The van der Waals surface area contributed by atoms with Crippen molar-refractivity contribution in [3.63, 3.8) is 0 Å². The Kier molecular flexibility index (Phi) is 5.36. The van der Waals surface area contributed by atoms with E-state index in [-0.39, 0.29) is 46.8 Å². The second-order valence-corrected chi connectivity index (χ2v) is 11.7. The summed E-state index contributed by atoms with van der Waals surface area (Å²) >= 11 is 0. The molecule has 1 unspecified atom stereocenters. The Hall–Kier alpha value is -1.75. The molecule has 1 N–H and O–H groups in total. The highest BCUT2D eigenvalue weighted by Crippen LogP contribution is 2.66. The topological polar surface area (TPSA) is 80.7 Å². The third kappa shape index (κ3) is 3.53. The van der Waals surface area contributed by atoms with E-state index in [2.05, 4.69) is 13.8 Å². The second-order valence-electron chi connectivity index (χ2n) is 11.7. The monoisotopic (exact) mass is 428 g/mol. The van der Waals surface area contributed by atoms with E-state index in [1.54, 1.807) is 32.9 Å². The number of esters is 1. The first kappa shape index (κ1) is 22.4. The molecule has 5 heteroatoms. The lowest BCUT2D eigenvalue weighted by atomic mass is 9.46. The minimum absolute atomic E-state index is 0.0148. The number of ketones is 2. The SMILES string of the molecule is CC(C)(C)C(=O)OCC(=O)C1CC[C@H]2[C@@H]3CCC4=CC(=O)C=C[C@]4(C)[C@H]3[C@@H](O)C[C@]12C. The number of Topliss-reactive ketones (excluding diaryl/α,β-unsaturated/α-hetero) is 1. The molecular weight excluding hydrogens is 392 g/mol. The van der Waals surface area contributed by atoms with Crippen LogP contribution in [0.25, 0.3) is 0 Å². The number of allylic oxidation sites excluding steroid dienone is 4. The Labute approximate surface area is 185 Å². The highest BCUT2D eigenvalue weighted by atomic mass is 16.5. The molecule has 31 heavy (non-hydrogen) atoms. The lowest BCUT2D eigenvalue weighted by Crippen LogP contribution is -2.56. The molecule has 4 aliphatic carbocycles. The maximum absolute atomic E-state index is 13.1. The van der Waals surface area contributed by atoms with Crippen molar-refractivity contribution >= 4 is 17.5 Å². The van der Waals surface area contributed by atoms with Gasteiger partial charge in [0.15, 0.2) is 11.6 Å². The van der Waals surface area contributed by atoms with Crippen LogP contribution in [0.1, 0.15) is 66.7 Å². The molecule has 0 bridgehead atoms. The molecule has 3 saturated carbocycles. The molecule has 0 amide bonds. The van der Waals surface area contributed by atoms with Gasteiger partial charge in [-0.15, -0.1) is 0 Å². The molecular formula is C26H36O5. The van der Waals surface area contributed by atoms with Gasteiger partial charge in [0, 0.05) is 17.3 Å². The molecule has 170 valence electrons. The van der Waals surface area contributed by atoms with Crippen LogP contribution < -0.4 is 0 Å². The van der Waals surface area contributed by atoms with Gasteiger partial charge in [-0.05, 0) is 82.3 Å². The number of aliphatic hydroxyl groups is 1. The Bertz CT molecular complexity index is 862. The van der Waals surface area contributed by atoms with E-state index in [0.29, 0.717) is 18.3 Å². The van der Waals surface area contributed by atoms with Gasteiger partial charge in [0.05, 0.1) is 11.5 Å². The zero-order valence-electron chi connectivity index (χ0n) is 19.4. The predicted molar refractivity (Wildman–Crippen MR) is 117 cm³/mol. The van der Waals surface area contributed by atoms with Crippen LogP contribution in [0.4, 0.5) is 0 Å². The summed E-state index contributed by atoms with van der Waals surface area (Å²) in [6, 6.07) is 0. The molecule has 0 heterocycles. The van der Waals surface area contributed by atoms with Crippen LogP contribution in [0.2, 0.25) is 0 Å². The zero-order chi connectivity index (χ0) is 22.8. The Morgan fingerprint density at radius 1 is 1.19 bits per heavy atom. The van der Waals surface area contributed by atoms with E-state index < -0.39 is 11.5 Å². The lowest BCUT2D eigenvalue weighted by molar-refractivity contribution is -0.159. The number of aliphatic hydroxyl groups excluding tert-OH is 1. The quantitative estimate of drug-likeness (QED) is 0.686. The summed E-state index contributed by atoms with van der Waals surface area (Å²) in [5.41, 5.74) is -0.0584. The number of hydrogen-bond acceptors (Lipinski definition) is 5. The van der Waals surface area contributed by atoms with Gasteiger partial charge in [0.25, 0.3) is 0 Å². The smallest absolute Gasteiger partial charge is 0.311 e. The van der Waals surface area contributed by atoms with Crippen molar-refractivity contribution in [1.82, 2.24) is 0 Å². The van der Waals surface area contributed by atoms with E-state index >= 15 is 0 Å². The van der Waals surface area contributed by atoms with Crippen molar-refractivity contribution in [2.45, 2.75) is 72.8 Å². The van der Waals surface area contributed by atoms with Gasteiger partial charge in [0.1, 0.15) is 6.61 Å². The molecule has 4 aliphatic rings. The summed E-state index contributed by atoms with van der Waals surface area (Å²) < 4.78 is 5.34. The first-order valence-electron chi connectivity index (χ1n) is 11.7. The summed E-state index contributed by atoms with van der Waals surface area (Å²) in [4.78, 5) is 37.2. The van der Waals surface area contributed by atoms with Crippen molar-refractivity contribution in [2.24, 2.45) is 39.9 Å². The van der Waals surface area contributed by atoms with E-state index in [9.17, 15) is 19.5 Å². The van der Waals surface area contributed by atoms with Crippen molar-refractivity contribution in [3.05, 3.63) is 23.8 Å². The van der Waals surface area contributed by atoms with Gasteiger partial charge in [-0.3, -0.25) is 14.4 Å². The van der Waals surface area contributed by atoms with Gasteiger partial charge >= 0.3 is 5.97 Å². The average molecular weight is 429 g/mol. The summed E-state index contributed by atoms with van der Waals surface area (Å²) in [7, 11) is 0. The third-order valence-electron chi connectivity index (χ3n) is 8.84. The van der Waals surface area contributed by atoms with Crippen LogP contribution in [0.5, 0.6) is 0 Å². The average Bonchev–Trinajstić information content (AvgIpc) is 3.01. The van der Waals surface area contributed by atoms with Crippen LogP contribution >= 0.6 is 0 Å². The Morgan fingerprint density at radius 2 is 1.90 bits per heavy atom. The standard InChI is InChI=1S/C26H36O5/c1-24(2,3)23(30)31-14-21(29)19-9-8-18-17-7-6-15-12-16(27)10-11-25(15,4)22(17)20(28)13-26(18,19)5/h10-12,17-20,22,28H,6-9,13-14H2,1-5H3/t17-,18-,19?,20-,22+,25-,26-/m0/s1. The minimum Gasteiger partial charge on any atom is -0.457 e. The van der Waals surface area contributed by atoms with Gasteiger partial charge < -0.3 is 9.84 Å². The first-order chi connectivity index (χ1) is 14.4. The fourth-order valence-corrected chi connectivity index (χ4v) is 7.31. The predicted octanol–water partition coefficient (Wildman–Crippen LogP) is 4.04. The number of fused-ring (bicyclic) bond motifs is 5. The van der Waals surface area contributed by atoms with Gasteiger partial charge in [-0.25, -0.2) is 0 Å². The molecule has 7 atom stereocenters. The van der Waals surface area contributed by atoms with Gasteiger partial charge in [0.2, 0.25) is 0 Å². The van der Waals surface area contributed by atoms with Crippen LogP contribution in [0.3, 0.4) is 0 Å². The molecule has 0 aromatic heterocycles. The fourth-order valence-electron chi connectivity index (χ4n) is 7.31. The summed E-state index contributed by atoms with van der Waals surface area (Å²) in [5, 5.41) is 11.4. The zero-order valence-corrected chi connectivity index (χ0v) is 19.4. The maximum atomic E-state index is 13.1. The number of ether oxygens (including phenoxy) is 1. The van der Waals surface area contributed by atoms with Crippen LogP contribution in [-0.4, -0.2) is 35.4 Å². The first-order valence-corrected chi connectivity index (χ1v) is 11.7. The molecule has 4 rings (SSSR count). The van der Waals surface area contributed by atoms with E-state index in [4.69, 9.17) is 4.74 Å². The number of carbonyl (C=O) groups is 3. The van der Waals surface area contributed by atoms with E-state index in [1.807, 2.05) is 6.08 Å². The van der Waals surface area contributed by atoms with E-state index in [1.165, 1.54) is 0 Å². The molecule has 3 fully saturated rings. The van der Waals surface area contributed by atoms with Gasteiger partial charge in [-0.1, -0.05) is 25.5 Å². The molecule has 0 aromatic carbocycles. The summed E-state index contributed by atoms with van der Waals surface area (Å²) in [6.07, 6.45) is 9.05. The third-order valence-corrected chi connectivity index (χ3v) is 8.84. The normalized spacial score (nSPS) is 41.7. The lowest BCUT2D eigenvalue weighted by Gasteiger charge is -2.58. The Morgan fingerprint density at radius 3 is 2.58 bits per heavy atom. The van der Waals surface area contributed by atoms with Crippen molar-refractivity contribution in [2.75, 3.05) is 6.61 Å². The van der Waals surface area contributed by atoms with Gasteiger partial charge in [-0.2, -0.15) is 0 Å². The summed E-state index contributed by atoms with van der Waals surface area (Å²) in [6.45, 7) is 9.49. The van der Waals surface area contributed by atoms with Crippen molar-refractivity contribution < 1.29 is 24.2 Å². The molecule has 0 aromatic rings. The highest BCUT2D eigenvalue weighted by molar-refractivity contribution is 6.01. The molecule has 0 aliphatic heterocycles. The molecule has 0 spiro atoms. The van der Waals surface area contributed by atoms with Crippen molar-refractivity contribution in [3.8, 4) is 0 Å². The molecule has 0 saturated heterocycles. The number of carbonyl (C=O) groups excluding carboxylic acids is 3. The number of hydrogen-bond donors (Lipinski definition) is 1. The molecule has 0 radical (unpaired) electrons. The maximum Gasteiger partial charge on any atom is 0.311 e. The van der Waals surface area contributed by atoms with Crippen LogP contribution in [0, 0.1) is 39.9 Å².